The van der Waals surface area contributed by atoms with Gasteiger partial charge in [0.2, 0.25) is 9.68 Å². The van der Waals surface area contributed by atoms with E-state index >= 15 is 0 Å². The maximum absolute atomic E-state index is 14.5. The summed E-state index contributed by atoms with van der Waals surface area (Å²) in [5, 5.41) is 16.0. The number of fused-ring (bicyclic) bond motifs is 1. The number of nitrogens with one attached hydrogen (secondary N) is 1. The number of anilines is 1. The summed E-state index contributed by atoms with van der Waals surface area (Å²) in [7, 11) is 2.14. The summed E-state index contributed by atoms with van der Waals surface area (Å²) >= 11 is 0. The van der Waals surface area contributed by atoms with Crippen molar-refractivity contribution in [2.45, 2.75) is 65.5 Å². The molecule has 3 heterocycles. The van der Waals surface area contributed by atoms with E-state index in [1.807, 2.05) is 72.1 Å². The molecule has 0 spiro atoms. The van der Waals surface area contributed by atoms with E-state index in [0.29, 0.717) is 43.0 Å². The Labute approximate surface area is 268 Å². The molecule has 2 aromatic carbocycles. The van der Waals surface area contributed by atoms with E-state index < -0.39 is 0 Å². The molecule has 1 atom stereocenters. The maximum atomic E-state index is 14.5. The van der Waals surface area contributed by atoms with Gasteiger partial charge in [-0.1, -0.05) is 51.0 Å². The van der Waals surface area contributed by atoms with E-state index in [0.717, 1.165) is 53.5 Å². The third kappa shape index (κ3) is 7.37. The topological polar surface area (TPSA) is 109 Å². The zero-order chi connectivity index (χ0) is 31.9. The fraction of sp³-hybridized carbons (Fsp3) is 0.412. The van der Waals surface area contributed by atoms with Gasteiger partial charge in [0.15, 0.2) is 5.69 Å². The van der Waals surface area contributed by atoms with Gasteiger partial charge in [-0.2, -0.15) is 5.10 Å². The summed E-state index contributed by atoms with van der Waals surface area (Å²) in [6, 6.07) is 15.2. The number of aliphatic hydroxyl groups is 1. The van der Waals surface area contributed by atoms with Gasteiger partial charge in [-0.05, 0) is 61.6 Å². The second kappa shape index (κ2) is 14.7. The normalized spacial score (nSPS) is 14.3. The van der Waals surface area contributed by atoms with Crippen LogP contribution in [0.1, 0.15) is 77.2 Å². The number of hydrogen-bond acceptors (Lipinski definition) is 6. The fourth-order valence-corrected chi connectivity index (χ4v) is 6.54. The van der Waals surface area contributed by atoms with Crippen molar-refractivity contribution in [2.75, 3.05) is 24.7 Å². The molecule has 5 rings (SSSR count). The molecule has 2 aromatic heterocycles. The van der Waals surface area contributed by atoms with Crippen molar-refractivity contribution in [1.82, 2.24) is 29.1 Å². The van der Waals surface area contributed by atoms with Crippen molar-refractivity contribution in [1.29, 1.82) is 0 Å². The SMILES string of the molecule is CCCCN(CCCC)C(=O)c1cc(C)n(-c2ccc(N[Si]c3cn(C)cn3)cc2C(=O)N2Cc3ccccc3C[C@H]2CO)n1. The lowest BCUT2D eigenvalue weighted by Crippen LogP contribution is -2.46. The first-order chi connectivity index (χ1) is 21.8. The van der Waals surface area contributed by atoms with Crippen LogP contribution in [0.25, 0.3) is 5.69 Å². The first-order valence-corrected chi connectivity index (χ1v) is 16.8. The van der Waals surface area contributed by atoms with E-state index in [9.17, 15) is 14.7 Å². The summed E-state index contributed by atoms with van der Waals surface area (Å²) < 4.78 is 3.60. The number of benzene rings is 2. The van der Waals surface area contributed by atoms with Gasteiger partial charge in [-0.15, -0.1) is 0 Å². The largest absolute Gasteiger partial charge is 0.407 e. The van der Waals surface area contributed by atoms with Crippen LogP contribution in [0.3, 0.4) is 0 Å². The van der Waals surface area contributed by atoms with Crippen LogP contribution in [-0.4, -0.2) is 81.5 Å². The molecule has 236 valence electrons. The zero-order valence-corrected chi connectivity index (χ0v) is 27.7. The number of carbonyl (C=O) groups is 2. The number of rotatable bonds is 13. The lowest BCUT2D eigenvalue weighted by Gasteiger charge is -2.36. The highest BCUT2D eigenvalue weighted by atomic mass is 28.2. The highest BCUT2D eigenvalue weighted by molar-refractivity contribution is 6.55. The number of amides is 2. The van der Waals surface area contributed by atoms with Gasteiger partial charge in [-0.25, -0.2) is 9.67 Å². The number of nitrogens with zero attached hydrogens (tertiary/aromatic N) is 6. The molecule has 0 aliphatic carbocycles. The maximum Gasteiger partial charge on any atom is 0.274 e. The van der Waals surface area contributed by atoms with Crippen molar-refractivity contribution in [3.05, 3.63) is 89.1 Å². The van der Waals surface area contributed by atoms with Crippen LogP contribution in [0, 0.1) is 6.92 Å². The van der Waals surface area contributed by atoms with Gasteiger partial charge in [0.25, 0.3) is 11.8 Å². The summed E-state index contributed by atoms with van der Waals surface area (Å²) in [5.74, 6) is -0.284. The number of aromatic nitrogens is 4. The summed E-state index contributed by atoms with van der Waals surface area (Å²) in [6.45, 7) is 7.80. The molecule has 2 radical (unpaired) electrons. The van der Waals surface area contributed by atoms with Crippen LogP contribution in [0.15, 0.2) is 61.1 Å². The third-order valence-corrected chi connectivity index (χ3v) is 9.21. The number of imidazole rings is 1. The molecule has 0 saturated carbocycles. The van der Waals surface area contributed by atoms with Gasteiger partial charge < -0.3 is 24.5 Å². The molecule has 2 N–H and O–H groups in total. The monoisotopic (exact) mass is 625 g/mol. The van der Waals surface area contributed by atoms with Crippen molar-refractivity contribution in [3.8, 4) is 5.69 Å². The molecule has 2 amide bonds. The number of aryl methyl sites for hydroxylation is 2. The van der Waals surface area contributed by atoms with Crippen LogP contribution < -0.4 is 10.3 Å². The second-order valence-corrected chi connectivity index (χ2v) is 12.7. The van der Waals surface area contributed by atoms with Crippen LogP contribution in [0.2, 0.25) is 0 Å². The zero-order valence-electron chi connectivity index (χ0n) is 26.7. The quantitative estimate of drug-likeness (QED) is 0.219. The molecule has 1 aliphatic heterocycles. The number of aliphatic hydroxyl groups excluding tert-OH is 1. The van der Waals surface area contributed by atoms with E-state index in [2.05, 4.69) is 29.9 Å². The van der Waals surface area contributed by atoms with Crippen LogP contribution >= 0.6 is 0 Å². The summed E-state index contributed by atoms with van der Waals surface area (Å²) in [6.07, 6.45) is 8.18. The molecular weight excluding hydrogens is 583 g/mol. The van der Waals surface area contributed by atoms with E-state index in [4.69, 9.17) is 5.10 Å². The first kappa shape index (κ1) is 32.2. The highest BCUT2D eigenvalue weighted by Crippen LogP contribution is 2.29. The van der Waals surface area contributed by atoms with Crippen molar-refractivity contribution in [3.63, 3.8) is 0 Å². The van der Waals surface area contributed by atoms with Crippen molar-refractivity contribution in [2.24, 2.45) is 7.05 Å². The molecule has 0 unspecified atom stereocenters. The predicted molar refractivity (Wildman–Crippen MR) is 177 cm³/mol. The standard InChI is InChI=1S/C34H43N7O3Si/c1-5-7-15-39(16-8-6-2)34(44)30-17-24(3)41(36-30)31-14-13-27(37-45-32-21-38(4)23-35-32)19-29(31)33(43)40-20-26-12-10-9-11-25(26)18-28(40)22-42/h9-14,17,19,21,23,28,37,42H,5-8,15-16,18,20,22H2,1-4H3/t28-/m0/s1. The number of carbonyl (C=O) groups excluding carboxylic acids is 2. The fourth-order valence-electron chi connectivity index (χ4n) is 5.72. The Bertz CT molecular complexity index is 1620. The lowest BCUT2D eigenvalue weighted by molar-refractivity contribution is 0.0544. The van der Waals surface area contributed by atoms with Crippen LogP contribution in [0.4, 0.5) is 5.69 Å². The Morgan fingerprint density at radius 1 is 1.07 bits per heavy atom. The Morgan fingerprint density at radius 2 is 1.80 bits per heavy atom. The van der Waals surface area contributed by atoms with E-state index in [-0.39, 0.29) is 34.1 Å². The first-order valence-electron chi connectivity index (χ1n) is 15.8. The third-order valence-electron chi connectivity index (χ3n) is 8.28. The minimum Gasteiger partial charge on any atom is -0.407 e. The van der Waals surface area contributed by atoms with Crippen LogP contribution in [-0.2, 0) is 20.0 Å². The molecule has 11 heteroatoms. The van der Waals surface area contributed by atoms with Gasteiger partial charge in [0, 0.05) is 44.3 Å². The minimum absolute atomic E-state index is 0.0885. The molecule has 45 heavy (non-hydrogen) atoms. The van der Waals surface area contributed by atoms with Crippen molar-refractivity contribution >= 4 is 32.5 Å². The molecule has 10 nitrogen and oxygen atoms in total. The molecular formula is C34H43N7O3Si. The van der Waals surface area contributed by atoms with E-state index in [1.54, 1.807) is 15.9 Å². The second-order valence-electron chi connectivity index (χ2n) is 11.7. The Balaban J connectivity index is 1.51. The van der Waals surface area contributed by atoms with Gasteiger partial charge in [0.05, 0.1) is 35.5 Å². The van der Waals surface area contributed by atoms with Crippen LogP contribution in [0.5, 0.6) is 0 Å². The van der Waals surface area contributed by atoms with Gasteiger partial charge in [-0.3, -0.25) is 9.59 Å². The Morgan fingerprint density at radius 3 is 2.47 bits per heavy atom. The average Bonchev–Trinajstić information content (AvgIpc) is 3.67. The molecule has 4 aromatic rings. The number of unbranched alkanes of at least 4 members (excludes halogenated alkanes) is 2. The van der Waals surface area contributed by atoms with Crippen molar-refractivity contribution < 1.29 is 14.7 Å². The average molecular weight is 626 g/mol. The smallest absolute Gasteiger partial charge is 0.274 e. The lowest BCUT2D eigenvalue weighted by atomic mass is 9.93. The predicted octanol–water partition coefficient (Wildman–Crippen LogP) is 3.87. The van der Waals surface area contributed by atoms with Gasteiger partial charge >= 0.3 is 0 Å². The molecule has 1 aliphatic rings. The summed E-state index contributed by atoms with van der Waals surface area (Å²) in [4.78, 5) is 39.6. The Kier molecular flexibility index (Phi) is 10.5. The summed E-state index contributed by atoms with van der Waals surface area (Å²) in [5.41, 5.74) is 5.17. The van der Waals surface area contributed by atoms with Gasteiger partial charge in [0.1, 0.15) is 0 Å². The molecule has 0 bridgehead atoms. The highest BCUT2D eigenvalue weighted by Gasteiger charge is 2.32. The number of hydrogen-bond donors (Lipinski definition) is 2. The minimum atomic E-state index is -0.353. The molecule has 0 saturated heterocycles. The Hall–Kier alpha value is -4.22. The molecule has 0 fully saturated rings. The van der Waals surface area contributed by atoms with E-state index in [1.165, 1.54) is 0 Å².